The fourth-order valence-electron chi connectivity index (χ4n) is 2.87. The molecule has 0 aromatic carbocycles. The summed E-state index contributed by atoms with van der Waals surface area (Å²) in [6, 6.07) is 7.87. The Bertz CT molecular complexity index is 747. The number of imidazole rings is 1. The van der Waals surface area contributed by atoms with Crippen LogP contribution >= 0.6 is 0 Å². The van der Waals surface area contributed by atoms with Crippen LogP contribution in [0.5, 0.6) is 0 Å². The number of rotatable bonds is 3. The van der Waals surface area contributed by atoms with Crippen molar-refractivity contribution in [3.63, 3.8) is 0 Å². The number of carbonyl (C=O) groups excluding carboxylic acids is 1. The summed E-state index contributed by atoms with van der Waals surface area (Å²) >= 11 is 0. The van der Waals surface area contributed by atoms with Gasteiger partial charge in [-0.25, -0.2) is 4.98 Å². The second-order valence-corrected chi connectivity index (χ2v) is 5.59. The Balaban J connectivity index is 1.80. The molecule has 0 aliphatic heterocycles. The average molecular weight is 294 g/mol. The number of hydrogen-bond donors (Lipinski definition) is 1. The molecule has 1 amide bonds. The van der Waals surface area contributed by atoms with Gasteiger partial charge in [-0.1, -0.05) is 25.3 Å². The number of fused-ring (bicyclic) bond motifs is 1. The van der Waals surface area contributed by atoms with E-state index in [1.165, 1.54) is 6.42 Å². The van der Waals surface area contributed by atoms with Gasteiger partial charge in [0.25, 0.3) is 5.91 Å². The number of nitrogens with zero attached hydrogens (tertiary/aromatic N) is 3. The monoisotopic (exact) mass is 294 g/mol. The van der Waals surface area contributed by atoms with Crippen molar-refractivity contribution in [2.75, 3.05) is 0 Å². The second kappa shape index (κ2) is 6.44. The van der Waals surface area contributed by atoms with Crippen molar-refractivity contribution < 1.29 is 4.79 Å². The highest BCUT2D eigenvalue weighted by Gasteiger charge is 2.18. The molecule has 0 saturated heterocycles. The van der Waals surface area contributed by atoms with Gasteiger partial charge in [-0.3, -0.25) is 4.79 Å². The molecule has 2 aromatic rings. The highest BCUT2D eigenvalue weighted by Crippen LogP contribution is 2.18. The molecule has 5 nitrogen and oxygen atoms in total. The number of aromatic nitrogens is 2. The lowest BCUT2D eigenvalue weighted by atomic mass is 9.95. The van der Waals surface area contributed by atoms with E-state index in [9.17, 15) is 10.1 Å². The predicted molar refractivity (Wildman–Crippen MR) is 83.8 cm³/mol. The Kier molecular flexibility index (Phi) is 4.19. The molecule has 3 rings (SSSR count). The number of pyridine rings is 1. The van der Waals surface area contributed by atoms with Gasteiger partial charge in [-0.15, -0.1) is 0 Å². The van der Waals surface area contributed by atoms with Gasteiger partial charge in [0.2, 0.25) is 0 Å². The van der Waals surface area contributed by atoms with Crippen LogP contribution in [0, 0.1) is 11.3 Å². The lowest BCUT2D eigenvalue weighted by Crippen LogP contribution is -2.36. The summed E-state index contributed by atoms with van der Waals surface area (Å²) in [5, 5.41) is 12.3. The van der Waals surface area contributed by atoms with E-state index in [1.54, 1.807) is 12.3 Å². The molecule has 0 unspecified atom stereocenters. The van der Waals surface area contributed by atoms with Crippen LogP contribution in [0.2, 0.25) is 0 Å². The smallest absolute Gasteiger partial charge is 0.262 e. The van der Waals surface area contributed by atoms with Gasteiger partial charge in [-0.2, -0.15) is 5.26 Å². The molecule has 1 aliphatic carbocycles. The Morgan fingerprint density at radius 2 is 2.18 bits per heavy atom. The van der Waals surface area contributed by atoms with E-state index in [0.717, 1.165) is 37.0 Å². The summed E-state index contributed by atoms with van der Waals surface area (Å²) in [5.41, 5.74) is 1.64. The number of hydrogen-bond acceptors (Lipinski definition) is 3. The van der Waals surface area contributed by atoms with E-state index >= 15 is 0 Å². The third-order valence-corrected chi connectivity index (χ3v) is 4.04. The number of nitriles is 1. The van der Waals surface area contributed by atoms with E-state index in [0.29, 0.717) is 0 Å². The van der Waals surface area contributed by atoms with Gasteiger partial charge in [-0.05, 0) is 31.1 Å². The summed E-state index contributed by atoms with van der Waals surface area (Å²) in [6.07, 6.45) is 10.6. The molecule has 5 heteroatoms. The summed E-state index contributed by atoms with van der Waals surface area (Å²) in [4.78, 5) is 16.5. The molecule has 2 aromatic heterocycles. The third-order valence-electron chi connectivity index (χ3n) is 4.04. The number of carbonyl (C=O) groups is 1. The molecule has 1 fully saturated rings. The van der Waals surface area contributed by atoms with Gasteiger partial charge in [0.15, 0.2) is 0 Å². The Labute approximate surface area is 129 Å². The van der Waals surface area contributed by atoms with Crippen molar-refractivity contribution in [3.8, 4) is 6.07 Å². The van der Waals surface area contributed by atoms with Crippen molar-refractivity contribution in [2.24, 2.45) is 0 Å². The molecule has 0 bridgehead atoms. The minimum atomic E-state index is -0.291. The minimum absolute atomic E-state index is 0.122. The Hall–Kier alpha value is -2.61. The summed E-state index contributed by atoms with van der Waals surface area (Å²) in [5.74, 6) is -0.291. The van der Waals surface area contributed by atoms with Crippen molar-refractivity contribution in [1.29, 1.82) is 5.26 Å². The quantitative estimate of drug-likeness (QED) is 0.699. The molecule has 2 heterocycles. The van der Waals surface area contributed by atoms with Crippen LogP contribution < -0.4 is 5.32 Å². The SMILES string of the molecule is N#CC(=Cc1cnc2ccccn12)C(=O)NC1CCCCC1. The lowest BCUT2D eigenvalue weighted by Gasteiger charge is -2.22. The Morgan fingerprint density at radius 1 is 1.36 bits per heavy atom. The van der Waals surface area contributed by atoms with Crippen molar-refractivity contribution >= 4 is 17.6 Å². The summed E-state index contributed by atoms with van der Waals surface area (Å²) in [7, 11) is 0. The molecule has 0 radical (unpaired) electrons. The summed E-state index contributed by atoms with van der Waals surface area (Å²) < 4.78 is 1.85. The van der Waals surface area contributed by atoms with Gasteiger partial charge in [0.05, 0.1) is 11.9 Å². The topological polar surface area (TPSA) is 70.2 Å². The lowest BCUT2D eigenvalue weighted by molar-refractivity contribution is -0.117. The number of amides is 1. The first kappa shape index (κ1) is 14.3. The fraction of sp³-hybridized carbons (Fsp3) is 0.353. The molecule has 22 heavy (non-hydrogen) atoms. The van der Waals surface area contributed by atoms with Crippen molar-refractivity contribution in [3.05, 3.63) is 41.9 Å². The molecule has 1 N–H and O–H groups in total. The maximum atomic E-state index is 12.3. The zero-order valence-corrected chi connectivity index (χ0v) is 12.3. The standard InChI is InChI=1S/C17H18N4O/c18-11-13(17(22)20-14-6-2-1-3-7-14)10-15-12-19-16-8-4-5-9-21(15)16/h4-5,8-10,12,14H,1-3,6-7H2,(H,20,22). The van der Waals surface area contributed by atoms with Crippen molar-refractivity contribution in [2.45, 2.75) is 38.1 Å². The molecular weight excluding hydrogens is 276 g/mol. The van der Waals surface area contributed by atoms with E-state index in [1.807, 2.05) is 34.9 Å². The molecule has 1 saturated carbocycles. The van der Waals surface area contributed by atoms with Gasteiger partial charge in [0, 0.05) is 12.2 Å². The van der Waals surface area contributed by atoms with Crippen LogP contribution in [0.4, 0.5) is 0 Å². The van der Waals surface area contributed by atoms with Crippen LogP contribution in [0.25, 0.3) is 11.7 Å². The zero-order valence-electron chi connectivity index (χ0n) is 12.3. The maximum absolute atomic E-state index is 12.3. The first-order chi connectivity index (χ1) is 10.8. The van der Waals surface area contributed by atoms with Crippen LogP contribution in [0.3, 0.4) is 0 Å². The van der Waals surface area contributed by atoms with Gasteiger partial charge < -0.3 is 9.72 Å². The number of nitrogens with one attached hydrogen (secondary N) is 1. The summed E-state index contributed by atoms with van der Waals surface area (Å²) in [6.45, 7) is 0. The molecule has 0 spiro atoms. The second-order valence-electron chi connectivity index (χ2n) is 5.59. The zero-order chi connectivity index (χ0) is 15.4. The van der Waals surface area contributed by atoms with Crippen LogP contribution in [-0.4, -0.2) is 21.3 Å². The fourth-order valence-corrected chi connectivity index (χ4v) is 2.87. The van der Waals surface area contributed by atoms with Gasteiger partial charge >= 0.3 is 0 Å². The van der Waals surface area contributed by atoms with Crippen LogP contribution in [0.1, 0.15) is 37.8 Å². The van der Waals surface area contributed by atoms with E-state index in [-0.39, 0.29) is 17.5 Å². The molecule has 1 aliphatic rings. The highest BCUT2D eigenvalue weighted by atomic mass is 16.1. The molecular formula is C17H18N4O. The van der Waals surface area contributed by atoms with Crippen molar-refractivity contribution in [1.82, 2.24) is 14.7 Å². The van der Waals surface area contributed by atoms with Gasteiger partial charge in [0.1, 0.15) is 17.3 Å². The van der Waals surface area contributed by atoms with Crippen LogP contribution in [0.15, 0.2) is 36.2 Å². The van der Waals surface area contributed by atoms with E-state index in [4.69, 9.17) is 0 Å². The molecule has 0 atom stereocenters. The molecule has 112 valence electrons. The Morgan fingerprint density at radius 3 is 2.95 bits per heavy atom. The normalized spacial score (nSPS) is 16.4. The van der Waals surface area contributed by atoms with E-state index in [2.05, 4.69) is 10.3 Å². The largest absolute Gasteiger partial charge is 0.349 e. The van der Waals surface area contributed by atoms with Crippen LogP contribution in [-0.2, 0) is 4.79 Å². The first-order valence-electron chi connectivity index (χ1n) is 7.62. The average Bonchev–Trinajstić information content (AvgIpc) is 2.96. The van der Waals surface area contributed by atoms with E-state index < -0.39 is 0 Å². The maximum Gasteiger partial charge on any atom is 0.262 e. The minimum Gasteiger partial charge on any atom is -0.349 e. The third kappa shape index (κ3) is 3.01. The first-order valence-corrected chi connectivity index (χ1v) is 7.62. The highest BCUT2D eigenvalue weighted by molar-refractivity contribution is 6.01. The predicted octanol–water partition coefficient (Wildman–Crippen LogP) is 2.69.